The monoisotopic (exact) mass is 302 g/mol. The number of halogens is 2. The molecule has 1 rings (SSSR count). The smallest absolute Gasteiger partial charge is 0.321 e. The lowest BCUT2D eigenvalue weighted by atomic mass is 10.3. The highest BCUT2D eigenvalue weighted by Gasteiger charge is 2.19. The molecule has 0 saturated carbocycles. The van der Waals surface area contributed by atoms with Gasteiger partial charge in [-0.1, -0.05) is 0 Å². The maximum Gasteiger partial charge on any atom is 0.321 e. The topological polar surface area (TPSA) is 58.2 Å². The number of carbonyl (C=O) groups is 2. The van der Waals surface area contributed by atoms with E-state index in [2.05, 4.69) is 10.6 Å². The summed E-state index contributed by atoms with van der Waals surface area (Å²) in [5.74, 6) is -1.77. The number of hydrogen-bond donors (Lipinski definition) is 2. The highest BCUT2D eigenvalue weighted by atomic mass is 32.2. The third-order valence-corrected chi connectivity index (χ3v) is 3.36. The molecule has 4 nitrogen and oxygen atoms in total. The number of hydrogen-bond acceptors (Lipinski definition) is 3. The molecule has 0 spiro atoms. The summed E-state index contributed by atoms with van der Waals surface area (Å²) >= 11 is 0.846. The van der Waals surface area contributed by atoms with Crippen LogP contribution in [-0.4, -0.2) is 23.2 Å². The maximum atomic E-state index is 13.4. The molecule has 0 aromatic heterocycles. The fourth-order valence-electron chi connectivity index (χ4n) is 1.32. The lowest BCUT2D eigenvalue weighted by Gasteiger charge is -2.13. The van der Waals surface area contributed by atoms with Crippen LogP contribution in [0.5, 0.6) is 0 Å². The van der Waals surface area contributed by atoms with Gasteiger partial charge >= 0.3 is 6.03 Å². The molecule has 7 heteroatoms. The first-order chi connectivity index (χ1) is 9.29. The first kappa shape index (κ1) is 16.4. The predicted molar refractivity (Wildman–Crippen MR) is 73.5 cm³/mol. The largest absolute Gasteiger partial charge is 0.336 e. The van der Waals surface area contributed by atoms with Gasteiger partial charge in [0.15, 0.2) is 0 Å². The molecule has 1 atom stereocenters. The van der Waals surface area contributed by atoms with Crippen LogP contribution in [0.2, 0.25) is 0 Å². The first-order valence-corrected chi connectivity index (χ1v) is 6.90. The van der Waals surface area contributed by atoms with E-state index in [1.165, 1.54) is 6.92 Å². The molecule has 20 heavy (non-hydrogen) atoms. The number of carbonyl (C=O) groups excluding carboxylic acids is 2. The number of amides is 3. The van der Waals surface area contributed by atoms with Gasteiger partial charge in [0.25, 0.3) is 0 Å². The van der Waals surface area contributed by atoms with Gasteiger partial charge in [-0.25, -0.2) is 13.6 Å². The molecule has 0 heterocycles. The molecular formula is C13H16F2N2O2S. The zero-order valence-electron chi connectivity index (χ0n) is 11.4. The van der Waals surface area contributed by atoms with E-state index in [-0.39, 0.29) is 10.9 Å². The highest BCUT2D eigenvalue weighted by Crippen LogP contribution is 2.26. The fourth-order valence-corrected chi connectivity index (χ4v) is 2.23. The van der Waals surface area contributed by atoms with E-state index in [9.17, 15) is 18.4 Å². The average Bonchev–Trinajstić information content (AvgIpc) is 2.32. The minimum Gasteiger partial charge on any atom is -0.336 e. The van der Waals surface area contributed by atoms with Crippen molar-refractivity contribution < 1.29 is 18.4 Å². The molecule has 2 N–H and O–H groups in total. The van der Waals surface area contributed by atoms with Crippen LogP contribution in [0.25, 0.3) is 0 Å². The van der Waals surface area contributed by atoms with Crippen LogP contribution in [0.4, 0.5) is 13.6 Å². The Hall–Kier alpha value is -1.63. The zero-order valence-corrected chi connectivity index (χ0v) is 12.2. The third kappa shape index (κ3) is 5.16. The van der Waals surface area contributed by atoms with E-state index in [1.54, 1.807) is 13.8 Å². The van der Waals surface area contributed by atoms with Gasteiger partial charge in [-0.2, -0.15) is 0 Å². The molecule has 0 aliphatic rings. The first-order valence-electron chi connectivity index (χ1n) is 6.02. The number of rotatable bonds is 4. The normalized spacial score (nSPS) is 12.1. The number of nitrogens with one attached hydrogen (secondary N) is 2. The Balaban J connectivity index is 2.61. The molecule has 0 bridgehead atoms. The van der Waals surface area contributed by atoms with Crippen molar-refractivity contribution in [3.8, 4) is 0 Å². The SMILES string of the molecule is CC(C)NC(=O)NC(=O)[C@@H](C)Sc1cc(F)ccc1F. The molecular weight excluding hydrogens is 286 g/mol. The Morgan fingerprint density at radius 2 is 1.85 bits per heavy atom. The van der Waals surface area contributed by atoms with Gasteiger partial charge in [0.2, 0.25) is 5.91 Å². The molecule has 3 amide bonds. The Morgan fingerprint density at radius 1 is 1.20 bits per heavy atom. The molecule has 0 saturated heterocycles. The molecule has 0 unspecified atom stereocenters. The van der Waals surface area contributed by atoms with Crippen molar-refractivity contribution in [3.05, 3.63) is 29.8 Å². The minimum absolute atomic E-state index is 0.0249. The summed E-state index contributed by atoms with van der Waals surface area (Å²) in [6.45, 7) is 5.02. The van der Waals surface area contributed by atoms with Gasteiger partial charge in [-0.15, -0.1) is 11.8 Å². The average molecular weight is 302 g/mol. The second-order valence-electron chi connectivity index (χ2n) is 4.45. The van der Waals surface area contributed by atoms with Crippen molar-refractivity contribution in [3.63, 3.8) is 0 Å². The van der Waals surface area contributed by atoms with Crippen molar-refractivity contribution in [1.29, 1.82) is 0 Å². The summed E-state index contributed by atoms with van der Waals surface area (Å²) in [6, 6.07) is 2.29. The summed E-state index contributed by atoms with van der Waals surface area (Å²) in [5, 5.41) is 3.91. The Morgan fingerprint density at radius 3 is 2.45 bits per heavy atom. The lowest BCUT2D eigenvalue weighted by molar-refractivity contribution is -0.119. The molecule has 0 aliphatic heterocycles. The zero-order chi connectivity index (χ0) is 15.3. The summed E-state index contributed by atoms with van der Waals surface area (Å²) in [4.78, 5) is 23.1. The van der Waals surface area contributed by atoms with Gasteiger partial charge in [0.05, 0.1) is 5.25 Å². The van der Waals surface area contributed by atoms with E-state index in [0.717, 1.165) is 30.0 Å². The summed E-state index contributed by atoms with van der Waals surface area (Å²) in [7, 11) is 0. The Kier molecular flexibility index (Phi) is 5.94. The quantitative estimate of drug-likeness (QED) is 0.841. The summed E-state index contributed by atoms with van der Waals surface area (Å²) in [5.41, 5.74) is 0. The fraction of sp³-hybridized carbons (Fsp3) is 0.385. The van der Waals surface area contributed by atoms with Gasteiger partial charge in [-0.05, 0) is 39.0 Å². The van der Waals surface area contributed by atoms with Gasteiger partial charge in [0, 0.05) is 10.9 Å². The van der Waals surface area contributed by atoms with E-state index in [1.807, 2.05) is 0 Å². The number of urea groups is 1. The lowest BCUT2D eigenvalue weighted by Crippen LogP contribution is -2.45. The van der Waals surface area contributed by atoms with Gasteiger partial charge in [-0.3, -0.25) is 10.1 Å². The van der Waals surface area contributed by atoms with Crippen molar-refractivity contribution >= 4 is 23.7 Å². The predicted octanol–water partition coefficient (Wildman–Crippen LogP) is 2.68. The molecule has 0 aliphatic carbocycles. The van der Waals surface area contributed by atoms with Crippen LogP contribution >= 0.6 is 11.8 Å². The highest BCUT2D eigenvalue weighted by molar-refractivity contribution is 8.00. The molecule has 0 fully saturated rings. The van der Waals surface area contributed by atoms with Crippen molar-refractivity contribution in [1.82, 2.24) is 10.6 Å². The van der Waals surface area contributed by atoms with E-state index in [4.69, 9.17) is 0 Å². The van der Waals surface area contributed by atoms with Crippen molar-refractivity contribution in [2.24, 2.45) is 0 Å². The van der Waals surface area contributed by atoms with E-state index in [0.29, 0.717) is 0 Å². The molecule has 1 aromatic carbocycles. The Labute approximate surface area is 120 Å². The molecule has 0 radical (unpaired) electrons. The van der Waals surface area contributed by atoms with Crippen LogP contribution in [0.1, 0.15) is 20.8 Å². The summed E-state index contributed by atoms with van der Waals surface area (Å²) in [6.07, 6.45) is 0. The second-order valence-corrected chi connectivity index (χ2v) is 5.83. The van der Waals surface area contributed by atoms with Crippen molar-refractivity contribution in [2.75, 3.05) is 0 Å². The van der Waals surface area contributed by atoms with Crippen LogP contribution in [0, 0.1) is 11.6 Å². The Bertz CT molecular complexity index is 509. The van der Waals surface area contributed by atoms with Gasteiger partial charge < -0.3 is 5.32 Å². The van der Waals surface area contributed by atoms with Gasteiger partial charge in [0.1, 0.15) is 11.6 Å². The second kappa shape index (κ2) is 7.23. The van der Waals surface area contributed by atoms with E-state index < -0.39 is 28.8 Å². The molecule has 1 aromatic rings. The van der Waals surface area contributed by atoms with Crippen molar-refractivity contribution in [2.45, 2.75) is 37.0 Å². The molecule has 110 valence electrons. The number of imide groups is 1. The van der Waals surface area contributed by atoms with Crippen LogP contribution in [0.15, 0.2) is 23.1 Å². The maximum absolute atomic E-state index is 13.4. The number of thioether (sulfide) groups is 1. The van der Waals surface area contributed by atoms with Crippen LogP contribution in [0.3, 0.4) is 0 Å². The minimum atomic E-state index is -0.732. The summed E-state index contributed by atoms with van der Waals surface area (Å²) < 4.78 is 26.4. The third-order valence-electron chi connectivity index (χ3n) is 2.22. The van der Waals surface area contributed by atoms with Crippen LogP contribution < -0.4 is 10.6 Å². The van der Waals surface area contributed by atoms with Crippen LogP contribution in [-0.2, 0) is 4.79 Å². The number of benzene rings is 1. The van der Waals surface area contributed by atoms with E-state index >= 15 is 0 Å². The standard InChI is InChI=1S/C13H16F2N2O2S/c1-7(2)16-13(19)17-12(18)8(3)20-11-6-9(14)4-5-10(11)15/h4-8H,1-3H3,(H2,16,17,18,19)/t8-/m1/s1.